The van der Waals surface area contributed by atoms with Crippen LogP contribution in [-0.4, -0.2) is 41.0 Å². The summed E-state index contributed by atoms with van der Waals surface area (Å²) in [5.41, 5.74) is 5.53. The normalized spacial score (nSPS) is 14.6. The van der Waals surface area contributed by atoms with Crippen molar-refractivity contribution in [1.82, 2.24) is 4.90 Å². The second-order valence-corrected chi connectivity index (χ2v) is 3.23. The minimum absolute atomic E-state index is 0.318. The summed E-state index contributed by atoms with van der Waals surface area (Å²) in [6.07, 6.45) is 0.896. The van der Waals surface area contributed by atoms with Gasteiger partial charge in [-0.05, 0) is 12.8 Å². The summed E-state index contributed by atoms with van der Waals surface area (Å²) < 4.78 is 0. The number of rotatable bonds is 5. The number of carboxylic acids is 1. The molecule has 0 bridgehead atoms. The predicted octanol–water partition coefficient (Wildman–Crippen LogP) is 0.0453. The largest absolute Gasteiger partial charge is 0.480 e. The number of carbonyl (C=O) groups excluding carboxylic acids is 1. The summed E-state index contributed by atoms with van der Waals surface area (Å²) in [5.74, 6) is -1.31. The van der Waals surface area contributed by atoms with Crippen molar-refractivity contribution in [3.05, 3.63) is 0 Å². The highest BCUT2D eigenvalue weighted by Gasteiger charge is 2.27. The topological polar surface area (TPSA) is 83.6 Å². The zero-order valence-electron chi connectivity index (χ0n) is 8.86. The van der Waals surface area contributed by atoms with Gasteiger partial charge in [0, 0.05) is 7.05 Å². The molecule has 14 heavy (non-hydrogen) atoms. The van der Waals surface area contributed by atoms with E-state index in [4.69, 9.17) is 10.8 Å². The fourth-order valence-corrected chi connectivity index (χ4v) is 1.20. The molecule has 0 aliphatic rings. The van der Waals surface area contributed by atoms with Crippen molar-refractivity contribution < 1.29 is 14.7 Å². The van der Waals surface area contributed by atoms with Crippen LogP contribution in [0.25, 0.3) is 0 Å². The second-order valence-electron chi connectivity index (χ2n) is 3.23. The molecule has 0 saturated heterocycles. The molecule has 3 N–H and O–H groups in total. The maximum absolute atomic E-state index is 11.5. The van der Waals surface area contributed by atoms with E-state index in [1.165, 1.54) is 11.9 Å². The number of carboxylic acid groups (broad SMARTS) is 1. The van der Waals surface area contributed by atoms with Gasteiger partial charge in [0.15, 0.2) is 0 Å². The van der Waals surface area contributed by atoms with E-state index in [0.29, 0.717) is 12.8 Å². The molecule has 1 amide bonds. The molecule has 2 unspecified atom stereocenters. The van der Waals surface area contributed by atoms with E-state index in [2.05, 4.69) is 0 Å². The second kappa shape index (κ2) is 5.59. The first-order valence-electron chi connectivity index (χ1n) is 4.70. The number of carbonyl (C=O) groups is 2. The van der Waals surface area contributed by atoms with Crippen molar-refractivity contribution in [2.45, 2.75) is 38.8 Å². The summed E-state index contributed by atoms with van der Waals surface area (Å²) in [6.45, 7) is 3.51. The molecule has 0 heterocycles. The summed E-state index contributed by atoms with van der Waals surface area (Å²) >= 11 is 0. The van der Waals surface area contributed by atoms with E-state index in [1.807, 2.05) is 0 Å². The molecule has 0 saturated carbocycles. The van der Waals surface area contributed by atoms with Crippen LogP contribution in [-0.2, 0) is 9.59 Å². The quantitative estimate of drug-likeness (QED) is 0.659. The lowest BCUT2D eigenvalue weighted by Gasteiger charge is -2.26. The average molecular weight is 202 g/mol. The van der Waals surface area contributed by atoms with Crippen LogP contribution < -0.4 is 5.73 Å². The highest BCUT2D eigenvalue weighted by Crippen LogP contribution is 2.04. The number of nitrogens with two attached hydrogens (primary N) is 1. The van der Waals surface area contributed by atoms with Crippen LogP contribution in [0.3, 0.4) is 0 Å². The molecule has 0 aliphatic carbocycles. The Labute approximate surface area is 83.9 Å². The van der Waals surface area contributed by atoms with Gasteiger partial charge in [-0.15, -0.1) is 0 Å². The number of hydrogen-bond acceptors (Lipinski definition) is 3. The minimum atomic E-state index is -0.994. The van der Waals surface area contributed by atoms with Crippen LogP contribution in [0.15, 0.2) is 0 Å². The number of hydrogen-bond donors (Lipinski definition) is 2. The lowest BCUT2D eigenvalue weighted by Crippen LogP contribution is -2.48. The van der Waals surface area contributed by atoms with Crippen LogP contribution >= 0.6 is 0 Å². The summed E-state index contributed by atoms with van der Waals surface area (Å²) in [7, 11) is 1.47. The van der Waals surface area contributed by atoms with E-state index < -0.39 is 18.1 Å². The first kappa shape index (κ1) is 12.9. The summed E-state index contributed by atoms with van der Waals surface area (Å²) in [6, 6.07) is -1.38. The molecular formula is C9H18N2O3. The molecule has 0 fully saturated rings. The van der Waals surface area contributed by atoms with Crippen LogP contribution in [0.1, 0.15) is 26.7 Å². The van der Waals surface area contributed by atoms with Crippen molar-refractivity contribution in [1.29, 1.82) is 0 Å². The third-order valence-corrected chi connectivity index (χ3v) is 2.24. The van der Waals surface area contributed by atoms with Gasteiger partial charge in [-0.1, -0.05) is 13.8 Å². The summed E-state index contributed by atoms with van der Waals surface area (Å²) in [4.78, 5) is 23.5. The van der Waals surface area contributed by atoms with Crippen LogP contribution in [0.4, 0.5) is 0 Å². The fraction of sp³-hybridized carbons (Fsp3) is 0.778. The van der Waals surface area contributed by atoms with Crippen molar-refractivity contribution in [3.63, 3.8) is 0 Å². The molecule has 2 atom stereocenters. The first-order valence-corrected chi connectivity index (χ1v) is 4.70. The van der Waals surface area contributed by atoms with E-state index in [9.17, 15) is 9.59 Å². The van der Waals surface area contributed by atoms with E-state index in [0.717, 1.165) is 0 Å². The highest BCUT2D eigenvalue weighted by atomic mass is 16.4. The number of nitrogens with zero attached hydrogens (tertiary/aromatic N) is 1. The maximum atomic E-state index is 11.5. The van der Waals surface area contributed by atoms with Crippen LogP contribution in [0, 0.1) is 0 Å². The Morgan fingerprint density at radius 2 is 1.86 bits per heavy atom. The molecule has 0 aromatic heterocycles. The van der Waals surface area contributed by atoms with E-state index in [1.54, 1.807) is 13.8 Å². The minimum Gasteiger partial charge on any atom is -0.480 e. The van der Waals surface area contributed by atoms with Crippen molar-refractivity contribution in [3.8, 4) is 0 Å². The zero-order valence-corrected chi connectivity index (χ0v) is 8.86. The average Bonchev–Trinajstić information content (AvgIpc) is 2.15. The maximum Gasteiger partial charge on any atom is 0.326 e. The molecule has 0 radical (unpaired) electrons. The fourth-order valence-electron chi connectivity index (χ4n) is 1.20. The van der Waals surface area contributed by atoms with Gasteiger partial charge in [-0.2, -0.15) is 0 Å². The lowest BCUT2D eigenvalue weighted by molar-refractivity contribution is -0.149. The third-order valence-electron chi connectivity index (χ3n) is 2.24. The van der Waals surface area contributed by atoms with Gasteiger partial charge in [0.05, 0.1) is 6.04 Å². The molecule has 0 aromatic carbocycles. The molecule has 5 heteroatoms. The Balaban J connectivity index is 4.49. The van der Waals surface area contributed by atoms with Crippen molar-refractivity contribution >= 4 is 11.9 Å². The SMILES string of the molecule is CCC(N)C(=O)N(C)C(CC)C(=O)O. The summed E-state index contributed by atoms with van der Waals surface area (Å²) in [5, 5.41) is 8.81. The zero-order chi connectivity index (χ0) is 11.3. The monoisotopic (exact) mass is 202 g/mol. The van der Waals surface area contributed by atoms with Gasteiger partial charge in [0.25, 0.3) is 0 Å². The van der Waals surface area contributed by atoms with Gasteiger partial charge in [0.2, 0.25) is 5.91 Å². The number of amides is 1. The Bertz CT molecular complexity index is 218. The molecular weight excluding hydrogens is 184 g/mol. The molecule has 0 rings (SSSR count). The molecule has 0 aromatic rings. The smallest absolute Gasteiger partial charge is 0.326 e. The standard InChI is InChI=1S/C9H18N2O3/c1-4-6(10)8(12)11(3)7(5-2)9(13)14/h6-7H,4-5,10H2,1-3H3,(H,13,14). The van der Waals surface area contributed by atoms with Crippen LogP contribution in [0.5, 0.6) is 0 Å². The molecule has 5 nitrogen and oxygen atoms in total. The number of aliphatic carboxylic acids is 1. The van der Waals surface area contributed by atoms with Crippen LogP contribution in [0.2, 0.25) is 0 Å². The Kier molecular flexibility index (Phi) is 5.15. The van der Waals surface area contributed by atoms with Gasteiger partial charge in [-0.25, -0.2) is 4.79 Å². The highest BCUT2D eigenvalue weighted by molar-refractivity contribution is 5.86. The van der Waals surface area contributed by atoms with Gasteiger partial charge >= 0.3 is 5.97 Å². The Morgan fingerprint density at radius 3 is 2.14 bits per heavy atom. The van der Waals surface area contributed by atoms with E-state index >= 15 is 0 Å². The van der Waals surface area contributed by atoms with Gasteiger partial charge in [0.1, 0.15) is 6.04 Å². The number of likely N-dealkylation sites (N-methyl/N-ethyl adjacent to an activating group) is 1. The van der Waals surface area contributed by atoms with Gasteiger partial charge in [-0.3, -0.25) is 4.79 Å². The van der Waals surface area contributed by atoms with E-state index in [-0.39, 0.29) is 5.91 Å². The first-order chi connectivity index (χ1) is 6.45. The molecule has 0 spiro atoms. The van der Waals surface area contributed by atoms with Crippen molar-refractivity contribution in [2.24, 2.45) is 5.73 Å². The van der Waals surface area contributed by atoms with Crippen molar-refractivity contribution in [2.75, 3.05) is 7.05 Å². The molecule has 82 valence electrons. The molecule has 0 aliphatic heterocycles. The Hall–Kier alpha value is -1.10. The van der Waals surface area contributed by atoms with Gasteiger partial charge < -0.3 is 15.7 Å². The predicted molar refractivity (Wildman–Crippen MR) is 52.8 cm³/mol. The Morgan fingerprint density at radius 1 is 1.36 bits per heavy atom. The third kappa shape index (κ3) is 2.99. The lowest BCUT2D eigenvalue weighted by atomic mass is 10.1.